The second kappa shape index (κ2) is 9.03. The molecule has 1 N–H and O–H groups in total. The SMILES string of the molecule is CCCn1ccc2c(OCC(=O)NCCc3ccccc3)cccc2c1=O. The van der Waals surface area contributed by atoms with Gasteiger partial charge in [-0.25, -0.2) is 0 Å². The summed E-state index contributed by atoms with van der Waals surface area (Å²) in [5.74, 6) is 0.369. The third-order valence-corrected chi connectivity index (χ3v) is 4.38. The van der Waals surface area contributed by atoms with Crippen LogP contribution in [0.3, 0.4) is 0 Å². The number of hydrogen-bond acceptors (Lipinski definition) is 3. The Bertz CT molecular complexity index is 964. The predicted octanol–water partition coefficient (Wildman–Crippen LogP) is 3.15. The Morgan fingerprint density at radius 3 is 2.63 bits per heavy atom. The van der Waals surface area contributed by atoms with Gasteiger partial charge in [0.05, 0.1) is 5.39 Å². The molecule has 0 aliphatic rings. The van der Waals surface area contributed by atoms with Gasteiger partial charge in [-0.3, -0.25) is 9.59 Å². The van der Waals surface area contributed by atoms with E-state index in [1.54, 1.807) is 29.0 Å². The van der Waals surface area contributed by atoms with E-state index in [1.807, 2.05) is 43.3 Å². The maximum absolute atomic E-state index is 12.5. The number of aryl methyl sites for hydroxylation is 1. The van der Waals surface area contributed by atoms with Gasteiger partial charge in [-0.15, -0.1) is 0 Å². The van der Waals surface area contributed by atoms with Crippen LogP contribution >= 0.6 is 0 Å². The van der Waals surface area contributed by atoms with E-state index in [0.717, 1.165) is 18.2 Å². The number of rotatable bonds is 8. The lowest BCUT2D eigenvalue weighted by atomic mass is 10.1. The molecule has 0 saturated heterocycles. The number of amides is 1. The van der Waals surface area contributed by atoms with E-state index in [-0.39, 0.29) is 18.1 Å². The highest BCUT2D eigenvalue weighted by molar-refractivity contribution is 5.88. The molecule has 0 unspecified atom stereocenters. The van der Waals surface area contributed by atoms with Crippen LogP contribution < -0.4 is 15.6 Å². The maximum Gasteiger partial charge on any atom is 0.258 e. The van der Waals surface area contributed by atoms with E-state index in [0.29, 0.717) is 24.2 Å². The Hall–Kier alpha value is -3.08. The fourth-order valence-corrected chi connectivity index (χ4v) is 3.02. The van der Waals surface area contributed by atoms with Gasteiger partial charge in [-0.05, 0) is 36.6 Å². The Morgan fingerprint density at radius 2 is 1.85 bits per heavy atom. The van der Waals surface area contributed by atoms with Crippen LogP contribution in [0.25, 0.3) is 10.8 Å². The van der Waals surface area contributed by atoms with Crippen LogP contribution in [0.4, 0.5) is 0 Å². The van der Waals surface area contributed by atoms with Crippen molar-refractivity contribution in [1.82, 2.24) is 9.88 Å². The second-order valence-corrected chi connectivity index (χ2v) is 6.41. The lowest BCUT2D eigenvalue weighted by molar-refractivity contribution is -0.123. The average molecular weight is 364 g/mol. The summed E-state index contributed by atoms with van der Waals surface area (Å²) < 4.78 is 7.38. The summed E-state index contributed by atoms with van der Waals surface area (Å²) in [6, 6.07) is 17.2. The van der Waals surface area contributed by atoms with Gasteiger partial charge in [-0.2, -0.15) is 0 Å². The third-order valence-electron chi connectivity index (χ3n) is 4.38. The summed E-state index contributed by atoms with van der Waals surface area (Å²) in [7, 11) is 0. The molecule has 0 aliphatic carbocycles. The number of pyridine rings is 1. The molecule has 1 aromatic heterocycles. The minimum absolute atomic E-state index is 0.0351. The molecule has 27 heavy (non-hydrogen) atoms. The van der Waals surface area contributed by atoms with Gasteiger partial charge in [0.2, 0.25) is 0 Å². The standard InChI is InChI=1S/C22H24N2O3/c1-2-14-24-15-12-18-19(22(24)26)9-6-10-20(18)27-16-21(25)23-13-11-17-7-4-3-5-8-17/h3-10,12,15H,2,11,13-14,16H2,1H3,(H,23,25). The highest BCUT2D eigenvalue weighted by atomic mass is 16.5. The molecule has 0 radical (unpaired) electrons. The molecule has 0 bridgehead atoms. The second-order valence-electron chi connectivity index (χ2n) is 6.41. The number of aromatic nitrogens is 1. The predicted molar refractivity (Wildman–Crippen MR) is 107 cm³/mol. The minimum atomic E-state index is -0.178. The Labute approximate surface area is 158 Å². The van der Waals surface area contributed by atoms with Gasteiger partial charge in [0.1, 0.15) is 5.75 Å². The van der Waals surface area contributed by atoms with E-state index in [1.165, 1.54) is 5.56 Å². The smallest absolute Gasteiger partial charge is 0.258 e. The van der Waals surface area contributed by atoms with Crippen LogP contribution in [0.15, 0.2) is 65.6 Å². The summed E-state index contributed by atoms with van der Waals surface area (Å²) in [6.45, 7) is 3.20. The number of ether oxygens (including phenoxy) is 1. The van der Waals surface area contributed by atoms with Gasteiger partial charge in [-0.1, -0.05) is 43.3 Å². The first kappa shape index (κ1) is 18.7. The first-order valence-corrected chi connectivity index (χ1v) is 9.24. The highest BCUT2D eigenvalue weighted by Gasteiger charge is 2.09. The van der Waals surface area contributed by atoms with Crippen LogP contribution in [0, 0.1) is 0 Å². The van der Waals surface area contributed by atoms with E-state index in [9.17, 15) is 9.59 Å². The Kier molecular flexibility index (Phi) is 6.26. The molecule has 2 aromatic carbocycles. The summed E-state index contributed by atoms with van der Waals surface area (Å²) in [6.07, 6.45) is 3.45. The summed E-state index contributed by atoms with van der Waals surface area (Å²) in [5.41, 5.74) is 1.14. The number of nitrogens with one attached hydrogen (secondary N) is 1. The zero-order chi connectivity index (χ0) is 19.1. The monoisotopic (exact) mass is 364 g/mol. The number of carbonyl (C=O) groups is 1. The first-order chi connectivity index (χ1) is 13.2. The van der Waals surface area contributed by atoms with Crippen molar-refractivity contribution in [2.75, 3.05) is 13.2 Å². The molecule has 0 atom stereocenters. The molecule has 1 amide bonds. The van der Waals surface area contributed by atoms with Crippen LogP contribution in [-0.2, 0) is 17.8 Å². The van der Waals surface area contributed by atoms with Crippen LogP contribution in [0.2, 0.25) is 0 Å². The van der Waals surface area contributed by atoms with Gasteiger partial charge < -0.3 is 14.6 Å². The fraction of sp³-hybridized carbons (Fsp3) is 0.273. The largest absolute Gasteiger partial charge is 0.483 e. The zero-order valence-electron chi connectivity index (χ0n) is 15.5. The molecular formula is C22H24N2O3. The van der Waals surface area contributed by atoms with Crippen molar-refractivity contribution in [2.24, 2.45) is 0 Å². The minimum Gasteiger partial charge on any atom is -0.483 e. The molecule has 140 valence electrons. The topological polar surface area (TPSA) is 60.3 Å². The van der Waals surface area contributed by atoms with E-state index in [4.69, 9.17) is 4.74 Å². The fourth-order valence-electron chi connectivity index (χ4n) is 3.02. The van der Waals surface area contributed by atoms with E-state index < -0.39 is 0 Å². The molecule has 0 fully saturated rings. The van der Waals surface area contributed by atoms with Crippen molar-refractivity contribution >= 4 is 16.7 Å². The molecule has 0 aliphatic heterocycles. The number of fused-ring (bicyclic) bond motifs is 1. The molecular weight excluding hydrogens is 340 g/mol. The lowest BCUT2D eigenvalue weighted by Crippen LogP contribution is -2.30. The quantitative estimate of drug-likeness (QED) is 0.668. The van der Waals surface area contributed by atoms with Gasteiger partial charge in [0.15, 0.2) is 6.61 Å². The third kappa shape index (κ3) is 4.76. The summed E-state index contributed by atoms with van der Waals surface area (Å²) in [4.78, 5) is 24.6. The van der Waals surface area contributed by atoms with Crippen molar-refractivity contribution in [3.05, 3.63) is 76.7 Å². The number of nitrogens with zero attached hydrogens (tertiary/aromatic N) is 1. The van der Waals surface area contributed by atoms with E-state index in [2.05, 4.69) is 5.32 Å². The molecule has 3 rings (SSSR count). The Balaban J connectivity index is 1.60. The molecule has 5 nitrogen and oxygen atoms in total. The van der Waals surface area contributed by atoms with Crippen molar-refractivity contribution < 1.29 is 9.53 Å². The summed E-state index contributed by atoms with van der Waals surface area (Å²) in [5, 5.41) is 4.19. The normalized spacial score (nSPS) is 10.7. The average Bonchev–Trinajstić information content (AvgIpc) is 2.69. The number of carbonyl (C=O) groups excluding carboxylic acids is 1. The molecule has 0 saturated carbocycles. The van der Waals surface area contributed by atoms with Crippen molar-refractivity contribution in [3.8, 4) is 5.75 Å². The van der Waals surface area contributed by atoms with E-state index >= 15 is 0 Å². The van der Waals surface area contributed by atoms with Crippen LogP contribution in [0.1, 0.15) is 18.9 Å². The molecule has 1 heterocycles. The number of benzene rings is 2. The zero-order valence-corrected chi connectivity index (χ0v) is 15.5. The molecule has 3 aromatic rings. The van der Waals surface area contributed by atoms with Crippen molar-refractivity contribution in [3.63, 3.8) is 0 Å². The van der Waals surface area contributed by atoms with Crippen LogP contribution in [0.5, 0.6) is 5.75 Å². The van der Waals surface area contributed by atoms with Crippen molar-refractivity contribution in [1.29, 1.82) is 0 Å². The maximum atomic E-state index is 12.5. The molecule has 0 spiro atoms. The van der Waals surface area contributed by atoms with Crippen LogP contribution in [-0.4, -0.2) is 23.6 Å². The summed E-state index contributed by atoms with van der Waals surface area (Å²) >= 11 is 0. The van der Waals surface area contributed by atoms with Gasteiger partial charge in [0.25, 0.3) is 11.5 Å². The van der Waals surface area contributed by atoms with Gasteiger partial charge in [0, 0.05) is 24.7 Å². The first-order valence-electron chi connectivity index (χ1n) is 9.24. The van der Waals surface area contributed by atoms with Gasteiger partial charge >= 0.3 is 0 Å². The molecule has 5 heteroatoms. The lowest BCUT2D eigenvalue weighted by Gasteiger charge is -2.11. The Morgan fingerprint density at radius 1 is 1.04 bits per heavy atom. The number of hydrogen-bond donors (Lipinski definition) is 1. The highest BCUT2D eigenvalue weighted by Crippen LogP contribution is 2.23. The van der Waals surface area contributed by atoms with Crippen molar-refractivity contribution in [2.45, 2.75) is 26.3 Å².